The Morgan fingerprint density at radius 2 is 1.69 bits per heavy atom. The lowest BCUT2D eigenvalue weighted by Gasteiger charge is -2.42. The van der Waals surface area contributed by atoms with Crippen LogP contribution in [0.15, 0.2) is 82.5 Å². The van der Waals surface area contributed by atoms with E-state index in [1.165, 1.54) is 18.2 Å². The summed E-state index contributed by atoms with van der Waals surface area (Å²) in [5.74, 6) is 0.141. The van der Waals surface area contributed by atoms with Gasteiger partial charge in [-0.15, -0.1) is 0 Å². The number of nitrogens with zero attached hydrogens (tertiary/aromatic N) is 3. The Balaban J connectivity index is 1.23. The second kappa shape index (κ2) is 12.1. The van der Waals surface area contributed by atoms with Gasteiger partial charge in [0.25, 0.3) is 21.5 Å². The zero-order valence-electron chi connectivity index (χ0n) is 26.7. The van der Waals surface area contributed by atoms with E-state index < -0.39 is 21.7 Å². The van der Waals surface area contributed by atoms with Crippen LogP contribution in [0.25, 0.3) is 22.2 Å². The van der Waals surface area contributed by atoms with Crippen molar-refractivity contribution < 1.29 is 22.7 Å². The summed E-state index contributed by atoms with van der Waals surface area (Å²) < 4.78 is 41.1. The number of aryl methyl sites for hydroxylation is 2. The maximum Gasteiger partial charge on any atom is 0.264 e. The molecule has 0 atom stereocenters. The molecule has 48 heavy (non-hydrogen) atoms. The van der Waals surface area contributed by atoms with E-state index in [0.717, 1.165) is 22.1 Å². The minimum atomic E-state index is -4.13. The third-order valence-corrected chi connectivity index (χ3v) is 10.2. The topological polar surface area (TPSA) is 156 Å². The van der Waals surface area contributed by atoms with Crippen molar-refractivity contribution in [1.29, 1.82) is 0 Å². The highest BCUT2D eigenvalue weighted by molar-refractivity contribution is 7.92. The number of nitrogens with one attached hydrogen (secondary N) is 3. The molecule has 0 unspecified atom stereocenters. The van der Waals surface area contributed by atoms with Crippen LogP contribution in [0, 0.1) is 13.8 Å². The Morgan fingerprint density at radius 1 is 0.938 bits per heavy atom. The highest BCUT2D eigenvalue weighted by Crippen LogP contribution is 2.33. The number of H-pyrrole nitrogens is 1. The summed E-state index contributed by atoms with van der Waals surface area (Å²) in [6.45, 7) is 5.30. The quantitative estimate of drug-likeness (QED) is 0.251. The van der Waals surface area contributed by atoms with E-state index in [1.807, 2.05) is 50.2 Å². The van der Waals surface area contributed by atoms with Crippen LogP contribution in [0.1, 0.15) is 39.9 Å². The minimum Gasteiger partial charge on any atom is -0.497 e. The van der Waals surface area contributed by atoms with Gasteiger partial charge in [-0.3, -0.25) is 14.5 Å². The van der Waals surface area contributed by atoms with Gasteiger partial charge in [-0.2, -0.15) is 4.98 Å². The first-order chi connectivity index (χ1) is 23.0. The standard InChI is InChI=1S/C35H34N6O6S/c1-21-6-4-7-22(2)31(21)29-19-30-38-34(37-29)40-48(44,45)27-9-5-8-24(17-27)33(43)39-35(47-30)12-14-41(15-13-35)20-25-16-23-10-11-26(46-3)18-28(23)36-32(25)42/h4-11,16-19H,12-15,20H2,1-3H3,(H,36,42)(H,39,43)(H,37,38,40). The summed E-state index contributed by atoms with van der Waals surface area (Å²) in [4.78, 5) is 40.7. The Hall–Kier alpha value is -5.27. The highest BCUT2D eigenvalue weighted by atomic mass is 32.2. The molecule has 1 fully saturated rings. The SMILES string of the molecule is COc1ccc2cc(CN3CCC4(CC3)NC(=O)c3cccc(c3)S(=O)(=O)Nc3nc(cc(-c5c(C)cccc5C)n3)O4)c(=O)[nH]c2c1. The number of ether oxygens (including phenoxy) is 2. The number of aromatic nitrogens is 3. The average molecular weight is 667 g/mol. The first-order valence-corrected chi connectivity index (χ1v) is 17.0. The smallest absolute Gasteiger partial charge is 0.264 e. The van der Waals surface area contributed by atoms with E-state index >= 15 is 0 Å². The molecule has 0 aliphatic carbocycles. The van der Waals surface area contributed by atoms with Gasteiger partial charge in [0.05, 0.1) is 23.2 Å². The van der Waals surface area contributed by atoms with Crippen LogP contribution in [0.3, 0.4) is 0 Å². The summed E-state index contributed by atoms with van der Waals surface area (Å²) in [5.41, 5.74) is 3.32. The van der Waals surface area contributed by atoms with Crippen molar-refractivity contribution in [3.05, 3.63) is 105 Å². The lowest BCUT2D eigenvalue weighted by atomic mass is 9.98. The van der Waals surface area contributed by atoms with Crippen molar-refractivity contribution in [3.8, 4) is 22.9 Å². The van der Waals surface area contributed by atoms with Crippen molar-refractivity contribution >= 4 is 32.8 Å². The third kappa shape index (κ3) is 6.09. The fraction of sp³-hybridized carbons (Fsp3) is 0.257. The average Bonchev–Trinajstić information content (AvgIpc) is 3.05. The molecule has 3 N–H and O–H groups in total. The molecule has 0 radical (unpaired) electrons. The molecule has 1 spiro atoms. The zero-order valence-corrected chi connectivity index (χ0v) is 27.5. The second-order valence-electron chi connectivity index (χ2n) is 12.2. The lowest BCUT2D eigenvalue weighted by Crippen LogP contribution is -2.59. The number of piperidine rings is 1. The molecule has 13 heteroatoms. The first-order valence-electron chi connectivity index (χ1n) is 15.5. The summed E-state index contributed by atoms with van der Waals surface area (Å²) >= 11 is 0. The van der Waals surface area contributed by atoms with Crippen molar-refractivity contribution in [1.82, 2.24) is 25.2 Å². The largest absolute Gasteiger partial charge is 0.497 e. The Labute approximate surface area is 277 Å². The molecule has 5 aromatic rings. The summed E-state index contributed by atoms with van der Waals surface area (Å²) in [6.07, 6.45) is 0.732. The Bertz CT molecular complexity index is 2220. The second-order valence-corrected chi connectivity index (χ2v) is 13.9. The summed E-state index contributed by atoms with van der Waals surface area (Å²) in [7, 11) is -2.55. The number of carbonyl (C=O) groups is 1. The van der Waals surface area contributed by atoms with Crippen LogP contribution >= 0.6 is 0 Å². The fourth-order valence-corrected chi connectivity index (χ4v) is 7.36. The van der Waals surface area contributed by atoms with Crippen LogP contribution < -0.4 is 25.1 Å². The number of anilines is 1. The van der Waals surface area contributed by atoms with Crippen LogP contribution in [-0.4, -0.2) is 60.1 Å². The Kier molecular flexibility index (Phi) is 7.88. The lowest BCUT2D eigenvalue weighted by molar-refractivity contribution is -0.0258. The summed E-state index contributed by atoms with van der Waals surface area (Å²) in [5, 5.41) is 3.96. The number of carbonyl (C=O) groups excluding carboxylic acids is 1. The van der Waals surface area contributed by atoms with Crippen LogP contribution in [0.4, 0.5) is 5.95 Å². The van der Waals surface area contributed by atoms with Gasteiger partial charge < -0.3 is 19.8 Å². The molecular weight excluding hydrogens is 632 g/mol. The molecule has 246 valence electrons. The number of aromatic amines is 1. The molecule has 2 aromatic heterocycles. The molecule has 4 heterocycles. The third-order valence-electron chi connectivity index (χ3n) is 8.90. The molecule has 7 rings (SSSR count). The number of rotatable bonds is 4. The molecule has 2 aliphatic rings. The first kappa shape index (κ1) is 31.3. The molecule has 3 aromatic carbocycles. The van der Waals surface area contributed by atoms with E-state index in [-0.39, 0.29) is 27.8 Å². The normalized spacial score (nSPS) is 17.0. The highest BCUT2D eigenvalue weighted by Gasteiger charge is 2.40. The van der Waals surface area contributed by atoms with E-state index in [1.54, 1.807) is 25.3 Å². The molecule has 2 aliphatic heterocycles. The number of amides is 1. The summed E-state index contributed by atoms with van der Waals surface area (Å²) in [6, 6.07) is 20.8. The van der Waals surface area contributed by atoms with Gasteiger partial charge in [-0.25, -0.2) is 18.1 Å². The van der Waals surface area contributed by atoms with Crippen LogP contribution in [-0.2, 0) is 16.6 Å². The van der Waals surface area contributed by atoms with Gasteiger partial charge in [-0.1, -0.05) is 24.3 Å². The van der Waals surface area contributed by atoms with Gasteiger partial charge in [0, 0.05) is 61.3 Å². The predicted molar refractivity (Wildman–Crippen MR) is 181 cm³/mol. The zero-order chi connectivity index (χ0) is 33.6. The number of pyridine rings is 1. The van der Waals surface area contributed by atoms with Crippen LogP contribution in [0.2, 0.25) is 0 Å². The number of methoxy groups -OCH3 is 1. The van der Waals surface area contributed by atoms with Crippen LogP contribution in [0.5, 0.6) is 11.6 Å². The maximum atomic E-state index is 13.7. The van der Waals surface area contributed by atoms with E-state index in [9.17, 15) is 18.0 Å². The number of fused-ring (bicyclic) bond motifs is 5. The Morgan fingerprint density at radius 3 is 2.44 bits per heavy atom. The molecule has 0 saturated carbocycles. The van der Waals surface area contributed by atoms with Crippen molar-refractivity contribution in [3.63, 3.8) is 0 Å². The number of benzene rings is 3. The van der Waals surface area contributed by atoms with Gasteiger partial charge in [0.15, 0.2) is 5.72 Å². The van der Waals surface area contributed by atoms with Gasteiger partial charge in [0.1, 0.15) is 5.75 Å². The van der Waals surface area contributed by atoms with E-state index in [2.05, 4.69) is 29.9 Å². The maximum absolute atomic E-state index is 13.7. The number of likely N-dealkylation sites (tertiary alicyclic amines) is 1. The van der Waals surface area contributed by atoms with Gasteiger partial charge in [0.2, 0.25) is 11.8 Å². The van der Waals surface area contributed by atoms with E-state index in [4.69, 9.17) is 9.47 Å². The monoisotopic (exact) mass is 666 g/mol. The number of hydrogen-bond donors (Lipinski definition) is 3. The predicted octanol–water partition coefficient (Wildman–Crippen LogP) is 4.53. The van der Waals surface area contributed by atoms with Crippen molar-refractivity contribution in [2.24, 2.45) is 0 Å². The number of sulfonamides is 1. The van der Waals surface area contributed by atoms with Gasteiger partial charge >= 0.3 is 0 Å². The van der Waals surface area contributed by atoms with Crippen molar-refractivity contribution in [2.75, 3.05) is 24.9 Å². The number of hydrogen-bond acceptors (Lipinski definition) is 9. The van der Waals surface area contributed by atoms with Gasteiger partial charge in [-0.05, 0) is 66.8 Å². The molecule has 1 amide bonds. The van der Waals surface area contributed by atoms with E-state index in [0.29, 0.717) is 55.0 Å². The molecule has 12 nitrogen and oxygen atoms in total. The fourth-order valence-electron chi connectivity index (χ4n) is 6.37. The van der Waals surface area contributed by atoms with Crippen molar-refractivity contribution in [2.45, 2.75) is 43.9 Å². The minimum absolute atomic E-state index is 0.0952. The molecule has 4 bridgehead atoms. The molecular formula is C35H34N6O6S. The molecule has 1 saturated heterocycles.